The molecule has 0 amide bonds. The Balaban J connectivity index is 4.00. The van der Waals surface area contributed by atoms with Crippen LogP contribution in [0.5, 0.6) is 0 Å². The second-order valence-corrected chi connectivity index (χ2v) is 4.28. The summed E-state index contributed by atoms with van der Waals surface area (Å²) in [6, 6.07) is 0. The van der Waals surface area contributed by atoms with Gasteiger partial charge in [0.1, 0.15) is 0 Å². The zero-order chi connectivity index (χ0) is 11.0. The van der Waals surface area contributed by atoms with Crippen LogP contribution in [0.1, 0.15) is 59.3 Å². The molecule has 0 fully saturated rings. The topological polar surface area (TPSA) is 40.5 Å². The SMILES string of the molecule is CCC(CCCO)CC(O)(CC)CC. The van der Waals surface area contributed by atoms with Crippen molar-refractivity contribution in [3.05, 3.63) is 0 Å². The molecule has 2 nitrogen and oxygen atoms in total. The predicted molar refractivity (Wildman–Crippen MR) is 60.2 cm³/mol. The molecule has 0 spiro atoms. The summed E-state index contributed by atoms with van der Waals surface area (Å²) in [5.41, 5.74) is -0.476. The normalized spacial score (nSPS) is 14.4. The van der Waals surface area contributed by atoms with Crippen molar-refractivity contribution >= 4 is 0 Å². The number of rotatable bonds is 8. The van der Waals surface area contributed by atoms with E-state index in [2.05, 4.69) is 6.92 Å². The molecule has 0 bridgehead atoms. The summed E-state index contributed by atoms with van der Waals surface area (Å²) in [5.74, 6) is 0.562. The highest BCUT2D eigenvalue weighted by atomic mass is 16.3. The van der Waals surface area contributed by atoms with Crippen LogP contribution in [0.15, 0.2) is 0 Å². The maximum Gasteiger partial charge on any atom is 0.0645 e. The Morgan fingerprint density at radius 1 is 1.14 bits per heavy atom. The minimum Gasteiger partial charge on any atom is -0.396 e. The largest absolute Gasteiger partial charge is 0.396 e. The summed E-state index contributed by atoms with van der Waals surface area (Å²) in [7, 11) is 0. The third-order valence-corrected chi connectivity index (χ3v) is 3.33. The molecular weight excluding hydrogens is 176 g/mol. The second kappa shape index (κ2) is 7.24. The number of aliphatic hydroxyl groups is 2. The van der Waals surface area contributed by atoms with Gasteiger partial charge in [-0.2, -0.15) is 0 Å². The van der Waals surface area contributed by atoms with E-state index in [1.165, 1.54) is 0 Å². The van der Waals surface area contributed by atoms with Crippen molar-refractivity contribution in [1.82, 2.24) is 0 Å². The smallest absolute Gasteiger partial charge is 0.0645 e. The Morgan fingerprint density at radius 2 is 1.71 bits per heavy atom. The Morgan fingerprint density at radius 3 is 2.07 bits per heavy atom. The van der Waals surface area contributed by atoms with E-state index in [0.29, 0.717) is 5.92 Å². The molecule has 1 atom stereocenters. The van der Waals surface area contributed by atoms with Crippen LogP contribution in [0.4, 0.5) is 0 Å². The molecular formula is C12H26O2. The summed E-state index contributed by atoms with van der Waals surface area (Å²) >= 11 is 0. The Kier molecular flexibility index (Phi) is 7.20. The van der Waals surface area contributed by atoms with Crippen molar-refractivity contribution in [3.8, 4) is 0 Å². The van der Waals surface area contributed by atoms with Gasteiger partial charge in [-0.15, -0.1) is 0 Å². The van der Waals surface area contributed by atoms with Gasteiger partial charge < -0.3 is 10.2 Å². The van der Waals surface area contributed by atoms with E-state index in [0.717, 1.165) is 38.5 Å². The van der Waals surface area contributed by atoms with Crippen molar-refractivity contribution < 1.29 is 10.2 Å². The summed E-state index contributed by atoms with van der Waals surface area (Å²) in [4.78, 5) is 0. The first-order chi connectivity index (χ1) is 6.61. The average molecular weight is 202 g/mol. The number of hydrogen-bond acceptors (Lipinski definition) is 2. The number of hydrogen-bond donors (Lipinski definition) is 2. The fourth-order valence-corrected chi connectivity index (χ4v) is 1.91. The second-order valence-electron chi connectivity index (χ2n) is 4.28. The molecule has 2 N–H and O–H groups in total. The van der Waals surface area contributed by atoms with Crippen LogP contribution in [-0.2, 0) is 0 Å². The van der Waals surface area contributed by atoms with Crippen molar-refractivity contribution in [2.75, 3.05) is 6.61 Å². The molecule has 2 heteroatoms. The summed E-state index contributed by atoms with van der Waals surface area (Å²) in [6.07, 6.45) is 5.55. The first-order valence-electron chi connectivity index (χ1n) is 5.95. The lowest BCUT2D eigenvalue weighted by atomic mass is 9.83. The van der Waals surface area contributed by atoms with E-state index in [-0.39, 0.29) is 6.61 Å². The van der Waals surface area contributed by atoms with Gasteiger partial charge in [0.25, 0.3) is 0 Å². The van der Waals surface area contributed by atoms with Gasteiger partial charge in [0.15, 0.2) is 0 Å². The van der Waals surface area contributed by atoms with Crippen LogP contribution < -0.4 is 0 Å². The van der Waals surface area contributed by atoms with Crippen LogP contribution in [-0.4, -0.2) is 22.4 Å². The van der Waals surface area contributed by atoms with Gasteiger partial charge >= 0.3 is 0 Å². The maximum absolute atomic E-state index is 10.2. The van der Waals surface area contributed by atoms with Crippen molar-refractivity contribution in [2.45, 2.75) is 64.9 Å². The van der Waals surface area contributed by atoms with E-state index >= 15 is 0 Å². The van der Waals surface area contributed by atoms with Crippen molar-refractivity contribution in [3.63, 3.8) is 0 Å². The van der Waals surface area contributed by atoms with Gasteiger partial charge in [0.2, 0.25) is 0 Å². The summed E-state index contributed by atoms with van der Waals surface area (Å²) in [5, 5.41) is 18.9. The van der Waals surface area contributed by atoms with Crippen LogP contribution in [0.25, 0.3) is 0 Å². The molecule has 86 valence electrons. The Hall–Kier alpha value is -0.0800. The molecule has 0 aromatic rings. The van der Waals surface area contributed by atoms with Crippen LogP contribution in [0.2, 0.25) is 0 Å². The lowest BCUT2D eigenvalue weighted by Gasteiger charge is -2.29. The highest BCUT2D eigenvalue weighted by Crippen LogP contribution is 2.28. The number of aliphatic hydroxyl groups excluding tert-OH is 1. The zero-order valence-corrected chi connectivity index (χ0v) is 9.92. The Bertz CT molecular complexity index is 130. The minimum absolute atomic E-state index is 0.271. The first-order valence-corrected chi connectivity index (χ1v) is 5.95. The summed E-state index contributed by atoms with van der Waals surface area (Å²) in [6.45, 7) is 6.52. The molecule has 0 heterocycles. The van der Waals surface area contributed by atoms with Crippen molar-refractivity contribution in [1.29, 1.82) is 0 Å². The molecule has 14 heavy (non-hydrogen) atoms. The molecule has 0 aliphatic heterocycles. The molecule has 0 aliphatic rings. The summed E-state index contributed by atoms with van der Waals surface area (Å²) < 4.78 is 0. The van der Waals surface area contributed by atoms with E-state index < -0.39 is 5.60 Å². The van der Waals surface area contributed by atoms with Gasteiger partial charge in [0, 0.05) is 6.61 Å². The van der Waals surface area contributed by atoms with Gasteiger partial charge in [-0.05, 0) is 38.0 Å². The highest BCUT2D eigenvalue weighted by molar-refractivity contribution is 4.78. The highest BCUT2D eigenvalue weighted by Gasteiger charge is 2.25. The van der Waals surface area contributed by atoms with Crippen LogP contribution in [0, 0.1) is 5.92 Å². The lowest BCUT2D eigenvalue weighted by Crippen LogP contribution is -2.29. The monoisotopic (exact) mass is 202 g/mol. The van der Waals surface area contributed by atoms with E-state index in [1.54, 1.807) is 0 Å². The molecule has 0 aromatic heterocycles. The quantitative estimate of drug-likeness (QED) is 0.635. The van der Waals surface area contributed by atoms with Gasteiger partial charge in [-0.25, -0.2) is 0 Å². The molecule has 0 rings (SSSR count). The Labute approximate surface area is 88.3 Å². The fraction of sp³-hybridized carbons (Fsp3) is 1.00. The standard InChI is InChI=1S/C12H26O2/c1-4-11(8-7-9-13)10-12(14,5-2)6-3/h11,13-14H,4-10H2,1-3H3. The molecule has 0 aliphatic carbocycles. The van der Waals surface area contributed by atoms with Crippen molar-refractivity contribution in [2.24, 2.45) is 5.92 Å². The molecule has 0 aromatic carbocycles. The van der Waals surface area contributed by atoms with Gasteiger partial charge in [-0.1, -0.05) is 27.2 Å². The fourth-order valence-electron chi connectivity index (χ4n) is 1.91. The van der Waals surface area contributed by atoms with E-state index in [1.807, 2.05) is 13.8 Å². The third-order valence-electron chi connectivity index (χ3n) is 3.33. The lowest BCUT2D eigenvalue weighted by molar-refractivity contribution is 0.00532. The molecule has 0 saturated carbocycles. The molecule has 1 unspecified atom stereocenters. The van der Waals surface area contributed by atoms with Gasteiger partial charge in [0.05, 0.1) is 5.60 Å². The third kappa shape index (κ3) is 4.97. The van der Waals surface area contributed by atoms with Gasteiger partial charge in [-0.3, -0.25) is 0 Å². The average Bonchev–Trinajstić information content (AvgIpc) is 2.23. The van der Waals surface area contributed by atoms with E-state index in [4.69, 9.17) is 5.11 Å². The predicted octanol–water partition coefficient (Wildman–Crippen LogP) is 2.73. The van der Waals surface area contributed by atoms with Crippen LogP contribution in [0.3, 0.4) is 0 Å². The molecule has 0 saturated heterocycles. The minimum atomic E-state index is -0.476. The first kappa shape index (κ1) is 13.9. The van der Waals surface area contributed by atoms with Crippen LogP contribution >= 0.6 is 0 Å². The van der Waals surface area contributed by atoms with E-state index in [9.17, 15) is 5.11 Å². The molecule has 0 radical (unpaired) electrons. The zero-order valence-electron chi connectivity index (χ0n) is 9.92. The maximum atomic E-state index is 10.2.